The summed E-state index contributed by atoms with van der Waals surface area (Å²) in [6.07, 6.45) is 9.87. The third kappa shape index (κ3) is 3.42. The van der Waals surface area contributed by atoms with E-state index in [9.17, 15) is 9.59 Å². The maximum atomic E-state index is 13.8. The molecule has 1 aromatic rings. The predicted molar refractivity (Wildman–Crippen MR) is 124 cm³/mol. The summed E-state index contributed by atoms with van der Waals surface area (Å²) in [6.45, 7) is 0. The molecule has 4 saturated carbocycles. The average Bonchev–Trinajstić information content (AvgIpc) is 2.77. The zero-order valence-corrected chi connectivity index (χ0v) is 18.8. The molecular weight excluding hydrogens is 414 g/mol. The van der Waals surface area contributed by atoms with Gasteiger partial charge in [0, 0.05) is 6.42 Å². The van der Waals surface area contributed by atoms with Gasteiger partial charge >= 0.3 is 6.09 Å². The molecule has 1 amide bonds. The van der Waals surface area contributed by atoms with Gasteiger partial charge in [-0.1, -0.05) is 23.7 Å². The summed E-state index contributed by atoms with van der Waals surface area (Å²) >= 11 is 0. The third-order valence-corrected chi connectivity index (χ3v) is 8.10. The normalized spacial score (nSPS) is 36.0. The lowest BCUT2D eigenvalue weighted by Crippen LogP contribution is -2.57. The molecule has 0 spiro atoms. The van der Waals surface area contributed by atoms with Gasteiger partial charge in [-0.05, 0) is 92.2 Å². The van der Waals surface area contributed by atoms with Gasteiger partial charge < -0.3 is 9.47 Å². The number of allylic oxidation sites excluding steroid dienone is 2. The van der Waals surface area contributed by atoms with Crippen LogP contribution in [0.15, 0.2) is 30.4 Å². The van der Waals surface area contributed by atoms with Gasteiger partial charge in [-0.3, -0.25) is 9.69 Å². The van der Waals surface area contributed by atoms with Crippen LogP contribution in [0.1, 0.15) is 56.4 Å². The maximum absolute atomic E-state index is 13.8. The lowest BCUT2D eigenvalue weighted by Gasteiger charge is -2.56. The number of nitrogens with zero attached hydrogens (tertiary/aromatic N) is 1. The van der Waals surface area contributed by atoms with Crippen LogP contribution in [0.2, 0.25) is 0 Å². The zero-order chi connectivity index (χ0) is 22.6. The Balaban J connectivity index is 1.40. The van der Waals surface area contributed by atoms with Gasteiger partial charge in [0.2, 0.25) is 0 Å². The molecule has 0 radical (unpaired) electrons. The van der Waals surface area contributed by atoms with E-state index in [-0.39, 0.29) is 5.78 Å². The largest absolute Gasteiger partial charge is 0.497 e. The first-order valence-electron chi connectivity index (χ1n) is 11.9. The topological polar surface area (TPSA) is 55.8 Å². The smallest absolute Gasteiger partial charge is 0.416 e. The van der Waals surface area contributed by atoms with Crippen molar-refractivity contribution in [3.05, 3.63) is 35.9 Å². The fraction of sp³-hybridized carbons (Fsp3) is 0.500. The summed E-state index contributed by atoms with van der Waals surface area (Å²) in [7, 11) is 1.59. The summed E-state index contributed by atoms with van der Waals surface area (Å²) in [6, 6.07) is 4.62. The highest BCUT2D eigenvalue weighted by atomic mass is 16.6. The van der Waals surface area contributed by atoms with Crippen LogP contribution < -0.4 is 9.64 Å². The molecule has 0 aromatic heterocycles. The van der Waals surface area contributed by atoms with E-state index in [0.29, 0.717) is 35.6 Å². The van der Waals surface area contributed by atoms with E-state index >= 15 is 0 Å². The minimum Gasteiger partial charge on any atom is -0.497 e. The molecule has 6 bridgehead atoms. The van der Waals surface area contributed by atoms with Gasteiger partial charge in [-0.15, -0.1) is 0 Å². The number of hydrogen-bond acceptors (Lipinski definition) is 4. The molecule has 5 aliphatic carbocycles. The minimum atomic E-state index is -0.887. The van der Waals surface area contributed by atoms with Crippen molar-refractivity contribution < 1.29 is 19.1 Å². The van der Waals surface area contributed by atoms with Crippen molar-refractivity contribution >= 4 is 17.6 Å². The Labute approximate surface area is 194 Å². The molecule has 0 N–H and O–H groups in total. The van der Waals surface area contributed by atoms with Gasteiger partial charge in [0.15, 0.2) is 11.8 Å². The lowest BCUT2D eigenvalue weighted by molar-refractivity contribution is -0.128. The van der Waals surface area contributed by atoms with Crippen molar-refractivity contribution in [2.75, 3.05) is 12.0 Å². The van der Waals surface area contributed by atoms with Crippen LogP contribution in [-0.4, -0.2) is 30.6 Å². The lowest BCUT2D eigenvalue weighted by atomic mass is 9.54. The van der Waals surface area contributed by atoms with E-state index in [1.54, 1.807) is 19.3 Å². The second-order valence-electron chi connectivity index (χ2n) is 10.3. The first kappa shape index (κ1) is 20.4. The summed E-state index contributed by atoms with van der Waals surface area (Å²) in [5, 5.41) is 0. The quantitative estimate of drug-likeness (QED) is 0.629. The summed E-state index contributed by atoms with van der Waals surface area (Å²) in [5.74, 6) is 14.0. The first-order chi connectivity index (χ1) is 16.0. The number of ether oxygens (including phenoxy) is 2. The molecule has 7 rings (SSSR count). The number of ketones is 1. The van der Waals surface area contributed by atoms with E-state index in [1.165, 1.54) is 24.2 Å². The monoisotopic (exact) mass is 441 g/mol. The molecule has 1 heterocycles. The van der Waals surface area contributed by atoms with Crippen molar-refractivity contribution in [3.8, 4) is 29.4 Å². The predicted octanol–water partition coefficient (Wildman–Crippen LogP) is 4.61. The number of hydrogen-bond donors (Lipinski definition) is 0. The Hall–Kier alpha value is -3.18. The molecule has 6 aliphatic rings. The van der Waals surface area contributed by atoms with E-state index < -0.39 is 23.7 Å². The van der Waals surface area contributed by atoms with Crippen molar-refractivity contribution in [3.63, 3.8) is 0 Å². The highest BCUT2D eigenvalue weighted by Gasteiger charge is 2.54. The van der Waals surface area contributed by atoms with E-state index in [0.717, 1.165) is 24.8 Å². The van der Waals surface area contributed by atoms with E-state index in [4.69, 9.17) is 9.47 Å². The average molecular weight is 442 g/mol. The van der Waals surface area contributed by atoms with Crippen LogP contribution in [-0.2, 0) is 9.53 Å². The molecule has 33 heavy (non-hydrogen) atoms. The first-order valence-corrected chi connectivity index (χ1v) is 11.9. The molecular formula is C28H27NO4. The number of anilines is 1. The molecule has 5 heteroatoms. The summed E-state index contributed by atoms with van der Waals surface area (Å²) in [4.78, 5) is 28.9. The van der Waals surface area contributed by atoms with Gasteiger partial charge in [0.25, 0.3) is 0 Å². The van der Waals surface area contributed by atoms with Gasteiger partial charge in [0.05, 0.1) is 18.7 Å². The Bertz CT molecular complexity index is 1140. The number of methoxy groups -OCH3 is 1. The van der Waals surface area contributed by atoms with Crippen LogP contribution in [0.3, 0.4) is 0 Å². The number of carbonyl (C=O) groups is 2. The fourth-order valence-electron chi connectivity index (χ4n) is 7.14. The van der Waals surface area contributed by atoms with Crippen LogP contribution in [0.4, 0.5) is 10.5 Å². The van der Waals surface area contributed by atoms with Crippen LogP contribution in [0.5, 0.6) is 5.75 Å². The number of benzene rings is 1. The summed E-state index contributed by atoms with van der Waals surface area (Å²) in [5.41, 5.74) is 1.02. The molecule has 1 aromatic carbocycles. The number of Topliss-reactive ketones (excluding diaryl/α,β-unsaturated/α-hetero) is 1. The molecule has 2 atom stereocenters. The Morgan fingerprint density at radius 3 is 2.45 bits per heavy atom. The SMILES string of the molecule is COc1ccc2c(c1)C1CC#C/C=C/C#CC(C1=O)N2C(=O)OC12CC3CC(CC(C3)C1)C2. The van der Waals surface area contributed by atoms with Crippen LogP contribution in [0, 0.1) is 41.4 Å². The maximum Gasteiger partial charge on any atom is 0.416 e. The molecule has 1 aliphatic heterocycles. The number of fused-ring (bicyclic) bond motifs is 4. The highest BCUT2D eigenvalue weighted by molar-refractivity contribution is 6.08. The Morgan fingerprint density at radius 1 is 1.06 bits per heavy atom. The number of amides is 1. The number of rotatable bonds is 2. The molecule has 5 nitrogen and oxygen atoms in total. The van der Waals surface area contributed by atoms with Crippen molar-refractivity contribution in [2.45, 2.75) is 62.5 Å². The van der Waals surface area contributed by atoms with Gasteiger partial charge in [-0.25, -0.2) is 4.79 Å². The van der Waals surface area contributed by atoms with Crippen molar-refractivity contribution in [1.29, 1.82) is 0 Å². The number of carbonyl (C=O) groups excluding carboxylic acids is 2. The fourth-order valence-corrected chi connectivity index (χ4v) is 7.14. The third-order valence-electron chi connectivity index (χ3n) is 8.10. The summed E-state index contributed by atoms with van der Waals surface area (Å²) < 4.78 is 11.8. The second kappa shape index (κ2) is 7.70. The highest BCUT2D eigenvalue weighted by Crippen LogP contribution is 2.57. The molecule has 168 valence electrons. The van der Waals surface area contributed by atoms with Crippen molar-refractivity contribution in [2.24, 2.45) is 17.8 Å². The minimum absolute atomic E-state index is 0.115. The Morgan fingerprint density at radius 2 is 1.76 bits per heavy atom. The van der Waals surface area contributed by atoms with Crippen molar-refractivity contribution in [1.82, 2.24) is 0 Å². The van der Waals surface area contributed by atoms with Crippen LogP contribution >= 0.6 is 0 Å². The van der Waals surface area contributed by atoms with Gasteiger partial charge in [0.1, 0.15) is 11.4 Å². The second-order valence-corrected chi connectivity index (χ2v) is 10.3. The standard InChI is InChI=1S/C28H27NO4/c1-32-21-9-10-24-23(14-21)22-7-5-3-2-4-6-8-25(26(22)30)29(24)27(31)33-28-15-18-11-19(16-28)13-20(12-18)17-28/h2,4,9-10,14,18-20,22,25H,7,11-13,15-17H2,1H3/b4-2+. The van der Waals surface area contributed by atoms with E-state index in [1.807, 2.05) is 18.2 Å². The Kier molecular flexibility index (Phi) is 4.77. The molecule has 2 unspecified atom stereocenters. The van der Waals surface area contributed by atoms with Gasteiger partial charge in [-0.2, -0.15) is 0 Å². The molecule has 0 saturated heterocycles. The van der Waals surface area contributed by atoms with Crippen LogP contribution in [0.25, 0.3) is 0 Å². The van der Waals surface area contributed by atoms with E-state index in [2.05, 4.69) is 23.7 Å². The molecule has 4 fully saturated rings. The zero-order valence-electron chi connectivity index (χ0n) is 18.8.